The zero-order valence-corrected chi connectivity index (χ0v) is 12.5. The molecule has 1 aliphatic carbocycles. The summed E-state index contributed by atoms with van der Waals surface area (Å²) in [5.41, 5.74) is 2.30. The SMILES string of the molecule is CSC1(CNCc2nc3ccccc3n2C)CCC1. The molecule has 1 saturated carbocycles. The highest BCUT2D eigenvalue weighted by Gasteiger charge is 2.35. The fraction of sp³-hybridized carbons (Fsp3) is 0.533. The minimum atomic E-state index is 0.491. The van der Waals surface area contributed by atoms with Crippen molar-refractivity contribution in [3.05, 3.63) is 30.1 Å². The van der Waals surface area contributed by atoms with Gasteiger partial charge in [0.05, 0.1) is 17.6 Å². The maximum atomic E-state index is 4.70. The molecule has 4 heteroatoms. The van der Waals surface area contributed by atoms with E-state index in [1.165, 1.54) is 24.8 Å². The quantitative estimate of drug-likeness (QED) is 0.910. The van der Waals surface area contributed by atoms with E-state index in [-0.39, 0.29) is 0 Å². The molecule has 3 nitrogen and oxygen atoms in total. The Hall–Kier alpha value is -1.00. The predicted molar refractivity (Wildman–Crippen MR) is 82.5 cm³/mol. The highest BCUT2D eigenvalue weighted by atomic mass is 32.2. The fourth-order valence-corrected chi connectivity index (χ4v) is 3.72. The second kappa shape index (κ2) is 5.17. The van der Waals surface area contributed by atoms with Crippen molar-refractivity contribution in [2.24, 2.45) is 7.05 Å². The van der Waals surface area contributed by atoms with E-state index in [9.17, 15) is 0 Å². The molecule has 3 rings (SSSR count). The Kier molecular flexibility index (Phi) is 3.54. The summed E-state index contributed by atoms with van der Waals surface area (Å²) in [7, 11) is 2.10. The number of nitrogens with zero attached hydrogens (tertiary/aromatic N) is 2. The zero-order valence-electron chi connectivity index (χ0n) is 11.6. The summed E-state index contributed by atoms with van der Waals surface area (Å²) in [5.74, 6) is 1.12. The molecule has 0 bridgehead atoms. The lowest BCUT2D eigenvalue weighted by atomic mass is 9.84. The van der Waals surface area contributed by atoms with Crippen LogP contribution in [0.15, 0.2) is 24.3 Å². The van der Waals surface area contributed by atoms with Crippen molar-refractivity contribution in [2.75, 3.05) is 12.8 Å². The lowest BCUT2D eigenvalue weighted by molar-refractivity contribution is 0.344. The Morgan fingerprint density at radius 3 is 2.79 bits per heavy atom. The van der Waals surface area contributed by atoms with Gasteiger partial charge in [0, 0.05) is 18.3 Å². The first-order chi connectivity index (χ1) is 9.24. The second-order valence-electron chi connectivity index (χ2n) is 5.42. The van der Waals surface area contributed by atoms with Crippen molar-refractivity contribution in [2.45, 2.75) is 30.6 Å². The summed E-state index contributed by atoms with van der Waals surface area (Å²) in [5, 5.41) is 3.59. The van der Waals surface area contributed by atoms with Crippen molar-refractivity contribution in [3.63, 3.8) is 0 Å². The van der Waals surface area contributed by atoms with E-state index >= 15 is 0 Å². The number of benzene rings is 1. The van der Waals surface area contributed by atoms with Crippen molar-refractivity contribution in [1.29, 1.82) is 0 Å². The third-order valence-electron chi connectivity index (χ3n) is 4.31. The summed E-state index contributed by atoms with van der Waals surface area (Å²) in [6, 6.07) is 8.32. The Morgan fingerprint density at radius 1 is 1.37 bits per heavy atom. The van der Waals surface area contributed by atoms with Gasteiger partial charge >= 0.3 is 0 Å². The lowest BCUT2D eigenvalue weighted by Crippen LogP contribution is -2.43. The van der Waals surface area contributed by atoms with Crippen molar-refractivity contribution in [1.82, 2.24) is 14.9 Å². The van der Waals surface area contributed by atoms with Crippen molar-refractivity contribution >= 4 is 22.8 Å². The molecule has 1 aromatic carbocycles. The minimum absolute atomic E-state index is 0.491. The van der Waals surface area contributed by atoms with E-state index in [2.05, 4.69) is 41.4 Å². The number of hydrogen-bond donors (Lipinski definition) is 1. The maximum absolute atomic E-state index is 4.70. The molecular weight excluding hydrogens is 254 g/mol. The number of aryl methyl sites for hydroxylation is 1. The number of para-hydroxylation sites is 2. The van der Waals surface area contributed by atoms with Gasteiger partial charge in [0.15, 0.2) is 0 Å². The van der Waals surface area contributed by atoms with Gasteiger partial charge in [-0.25, -0.2) is 4.98 Å². The zero-order chi connectivity index (χ0) is 13.3. The van der Waals surface area contributed by atoms with E-state index in [1.54, 1.807) is 0 Å². The van der Waals surface area contributed by atoms with Crippen LogP contribution in [0, 0.1) is 0 Å². The average Bonchev–Trinajstić information content (AvgIpc) is 2.70. The molecule has 0 unspecified atom stereocenters. The number of thioether (sulfide) groups is 1. The van der Waals surface area contributed by atoms with Gasteiger partial charge in [-0.1, -0.05) is 18.6 Å². The Balaban J connectivity index is 1.67. The highest BCUT2D eigenvalue weighted by molar-refractivity contribution is 8.00. The summed E-state index contributed by atoms with van der Waals surface area (Å²) >= 11 is 2.01. The van der Waals surface area contributed by atoms with E-state index < -0.39 is 0 Å². The molecule has 19 heavy (non-hydrogen) atoms. The van der Waals surface area contributed by atoms with Crippen LogP contribution < -0.4 is 5.32 Å². The summed E-state index contributed by atoms with van der Waals surface area (Å²) < 4.78 is 2.68. The second-order valence-corrected chi connectivity index (χ2v) is 6.69. The van der Waals surface area contributed by atoms with E-state index in [0.717, 1.165) is 24.4 Å². The topological polar surface area (TPSA) is 29.9 Å². The number of rotatable bonds is 5. The number of nitrogens with one attached hydrogen (secondary N) is 1. The third kappa shape index (κ3) is 2.39. The van der Waals surface area contributed by atoms with E-state index in [0.29, 0.717) is 4.75 Å². The van der Waals surface area contributed by atoms with Gasteiger partial charge in [0.1, 0.15) is 5.82 Å². The molecule has 1 heterocycles. The van der Waals surface area contributed by atoms with Crippen molar-refractivity contribution in [3.8, 4) is 0 Å². The highest BCUT2D eigenvalue weighted by Crippen LogP contribution is 2.42. The van der Waals surface area contributed by atoms with Crippen LogP contribution in [0.3, 0.4) is 0 Å². The average molecular weight is 275 g/mol. The van der Waals surface area contributed by atoms with E-state index in [4.69, 9.17) is 4.98 Å². The Labute approximate surface area is 118 Å². The van der Waals surface area contributed by atoms with Gasteiger partial charge in [-0.3, -0.25) is 0 Å². The molecule has 1 N–H and O–H groups in total. The van der Waals surface area contributed by atoms with Gasteiger partial charge in [-0.2, -0.15) is 11.8 Å². The summed E-state index contributed by atoms with van der Waals surface area (Å²) in [4.78, 5) is 4.70. The molecular formula is C15H21N3S. The largest absolute Gasteiger partial charge is 0.330 e. The number of fused-ring (bicyclic) bond motifs is 1. The summed E-state index contributed by atoms with van der Waals surface area (Å²) in [6.45, 7) is 1.95. The fourth-order valence-electron chi connectivity index (χ4n) is 2.78. The number of aromatic nitrogens is 2. The Morgan fingerprint density at radius 2 is 2.16 bits per heavy atom. The van der Waals surface area contributed by atoms with Crippen LogP contribution in [0.25, 0.3) is 11.0 Å². The first-order valence-electron chi connectivity index (χ1n) is 6.90. The molecule has 0 radical (unpaired) electrons. The molecule has 102 valence electrons. The van der Waals surface area contributed by atoms with Gasteiger partial charge in [0.2, 0.25) is 0 Å². The summed E-state index contributed by atoms with van der Waals surface area (Å²) in [6.07, 6.45) is 6.32. The molecule has 1 fully saturated rings. The normalized spacial score (nSPS) is 17.6. The first kappa shape index (κ1) is 13.0. The number of imidazole rings is 1. The molecule has 0 spiro atoms. The van der Waals surface area contributed by atoms with E-state index in [1.807, 2.05) is 17.8 Å². The molecule has 1 aliphatic rings. The smallest absolute Gasteiger partial charge is 0.123 e. The molecule has 0 amide bonds. The molecule has 0 saturated heterocycles. The standard InChI is InChI=1S/C15H21N3S/c1-18-13-7-4-3-6-12(13)17-14(18)10-16-11-15(19-2)8-5-9-15/h3-4,6-7,16H,5,8-11H2,1-2H3. The molecule has 2 aromatic rings. The predicted octanol–water partition coefficient (Wildman–Crippen LogP) is 2.95. The van der Waals surface area contributed by atoms with Crippen LogP contribution >= 0.6 is 11.8 Å². The van der Waals surface area contributed by atoms with Gasteiger partial charge < -0.3 is 9.88 Å². The van der Waals surface area contributed by atoms with Crippen LogP contribution in [0.5, 0.6) is 0 Å². The molecule has 1 aromatic heterocycles. The van der Waals surface area contributed by atoms with Gasteiger partial charge in [-0.05, 0) is 31.2 Å². The number of hydrogen-bond acceptors (Lipinski definition) is 3. The Bertz CT molecular complexity index is 566. The third-order valence-corrected chi connectivity index (χ3v) is 5.73. The molecule has 0 aliphatic heterocycles. The molecule has 0 atom stereocenters. The van der Waals surface area contributed by atoms with Gasteiger partial charge in [0.25, 0.3) is 0 Å². The lowest BCUT2D eigenvalue weighted by Gasteiger charge is -2.40. The van der Waals surface area contributed by atoms with Crippen LogP contribution in [-0.2, 0) is 13.6 Å². The monoisotopic (exact) mass is 275 g/mol. The maximum Gasteiger partial charge on any atom is 0.123 e. The van der Waals surface area contributed by atoms with Crippen LogP contribution in [0.1, 0.15) is 25.1 Å². The van der Waals surface area contributed by atoms with Crippen LogP contribution in [-0.4, -0.2) is 27.1 Å². The van der Waals surface area contributed by atoms with Crippen LogP contribution in [0.4, 0.5) is 0 Å². The van der Waals surface area contributed by atoms with Gasteiger partial charge in [-0.15, -0.1) is 0 Å². The van der Waals surface area contributed by atoms with Crippen molar-refractivity contribution < 1.29 is 0 Å². The first-order valence-corrected chi connectivity index (χ1v) is 8.13. The minimum Gasteiger partial charge on any atom is -0.330 e. The van der Waals surface area contributed by atoms with Crippen LogP contribution in [0.2, 0.25) is 0 Å².